The molecule has 0 saturated carbocycles. The first-order valence-corrected chi connectivity index (χ1v) is 30.2. The molecule has 0 atom stereocenters. The van der Waals surface area contributed by atoms with Gasteiger partial charge in [0.2, 0.25) is 0 Å². The van der Waals surface area contributed by atoms with Crippen LogP contribution in [0.4, 0.5) is 40.8 Å². The molecule has 0 spiro atoms. The van der Waals surface area contributed by atoms with Gasteiger partial charge in [0.25, 0.3) is 0 Å². The zero-order valence-corrected chi connectivity index (χ0v) is 55.4. The molecule has 1 aliphatic rings. The number of thiol groups is 1. The maximum atomic E-state index is 13.2. The zero-order valence-electron chi connectivity index (χ0n) is 50.6. The maximum absolute atomic E-state index is 13.2. The standard InChI is InChI=1S/C19H12ClFN4.C15H17BClNO2.C10H7BrFN3.C10H8FN3.C6H6BFO2.C4H4ClN3.CH4.BHNS/c20-15-9-13(8-12-2-1-7-23-17(12)15)18-19(25-16(22)10-24-18)11-3-5-14(21)6-4-11;1-14(2)15(3,4)20-16(19-14)11-8-10-6-5-7-18-13(10)12(17)9-11;11-10-9(15-8(13)5-14-10)6-1-3-7(12)4-2-6;11-8-3-1-7(2-4-8)9-5-13-6-10(12)14-9;8-6-3-1-5(2-4-6)7(9)10;5-3-1-7-2-4(6)8-3;;1-2-3/h1-10H,(H2,22,25);5-9H,1-4H3;1-5H,(H2,13,15);1-6H,(H2,12,14);1-4,9-10H;1-2H,(H2,6,8);1H4;3H. The van der Waals surface area contributed by atoms with E-state index >= 15 is 0 Å². The van der Waals surface area contributed by atoms with Crippen LogP contribution >= 0.6 is 63.5 Å². The van der Waals surface area contributed by atoms with Crippen molar-refractivity contribution in [1.29, 1.82) is 0 Å². The van der Waals surface area contributed by atoms with Crippen molar-refractivity contribution in [3.05, 3.63) is 238 Å². The Labute approximate surface area is 581 Å². The number of aromatic nitrogens is 10. The van der Waals surface area contributed by atoms with Crippen LogP contribution in [-0.2, 0) is 9.31 Å². The van der Waals surface area contributed by atoms with E-state index in [9.17, 15) is 17.6 Å². The van der Waals surface area contributed by atoms with E-state index in [4.69, 9.17) is 77.1 Å². The zero-order chi connectivity index (χ0) is 69.0. The molecular weight excluding hydrogens is 1380 g/mol. The number of pyridine rings is 2. The summed E-state index contributed by atoms with van der Waals surface area (Å²) in [5, 5.41) is 20.5. The van der Waals surface area contributed by atoms with Gasteiger partial charge in [0.1, 0.15) is 62.0 Å². The third kappa shape index (κ3) is 21.7. The van der Waals surface area contributed by atoms with Crippen molar-refractivity contribution in [3.63, 3.8) is 0 Å². The molecule has 0 bridgehead atoms. The molecule has 0 amide bonds. The number of nitrogens with two attached hydrogens (primary N) is 4. The molecule has 6 aromatic carbocycles. The van der Waals surface area contributed by atoms with Crippen molar-refractivity contribution in [3.8, 4) is 45.0 Å². The molecule has 19 nitrogen and oxygen atoms in total. The van der Waals surface area contributed by atoms with E-state index in [1.807, 2.05) is 70.2 Å². The number of nitrogens with zero attached hydrogens (tertiary/aromatic N) is 11. The monoisotopic (exact) mass is 1440 g/mol. The van der Waals surface area contributed by atoms with Crippen molar-refractivity contribution in [1.82, 2.24) is 49.8 Å². The van der Waals surface area contributed by atoms with Crippen molar-refractivity contribution in [2.24, 2.45) is 4.30 Å². The molecule has 489 valence electrons. The predicted octanol–water partition coefficient (Wildman–Crippen LogP) is 13.5. The first-order chi connectivity index (χ1) is 45.2. The van der Waals surface area contributed by atoms with Crippen LogP contribution in [0.25, 0.3) is 66.8 Å². The van der Waals surface area contributed by atoms with Gasteiger partial charge in [-0.25, -0.2) is 42.5 Å². The van der Waals surface area contributed by atoms with Crippen molar-refractivity contribution < 1.29 is 36.9 Å². The molecule has 1 fully saturated rings. The molecule has 96 heavy (non-hydrogen) atoms. The Balaban J connectivity index is 0.000000187. The number of hydrogen-bond acceptors (Lipinski definition) is 20. The number of fused-ring (bicyclic) bond motifs is 2. The summed E-state index contributed by atoms with van der Waals surface area (Å²) in [4.78, 5) is 40.8. The van der Waals surface area contributed by atoms with Crippen LogP contribution in [0.1, 0.15) is 35.1 Å². The van der Waals surface area contributed by atoms with Gasteiger partial charge < -0.3 is 42.3 Å². The van der Waals surface area contributed by atoms with E-state index < -0.39 is 14.2 Å². The molecule has 7 heterocycles. The molecule has 13 rings (SSSR count). The van der Waals surface area contributed by atoms with E-state index in [1.54, 1.807) is 61.1 Å². The first-order valence-electron chi connectivity index (χ1n) is 27.8. The van der Waals surface area contributed by atoms with Gasteiger partial charge in [0.15, 0.2) is 0 Å². The molecule has 6 aromatic heterocycles. The normalized spacial score (nSPS) is 12.1. The molecule has 31 heteroatoms. The fourth-order valence-corrected chi connectivity index (χ4v) is 9.44. The summed E-state index contributed by atoms with van der Waals surface area (Å²) in [6.07, 6.45) is 12.3. The number of rotatable bonds is 6. The minimum atomic E-state index is -1.51. The van der Waals surface area contributed by atoms with Crippen molar-refractivity contribution in [2.75, 3.05) is 22.9 Å². The summed E-state index contributed by atoms with van der Waals surface area (Å²) >= 11 is 24.5. The van der Waals surface area contributed by atoms with E-state index in [-0.39, 0.29) is 47.7 Å². The van der Waals surface area contributed by atoms with Gasteiger partial charge in [0, 0.05) is 45.4 Å². The third-order valence-electron chi connectivity index (χ3n) is 13.5. The van der Waals surface area contributed by atoms with Gasteiger partial charge in [-0.15, -0.1) is 0 Å². The van der Waals surface area contributed by atoms with E-state index in [0.29, 0.717) is 65.5 Å². The summed E-state index contributed by atoms with van der Waals surface area (Å²) in [7, 11) is 2.42. The van der Waals surface area contributed by atoms with Gasteiger partial charge in [-0.2, -0.15) is 0 Å². The van der Waals surface area contributed by atoms with Gasteiger partial charge >= 0.3 is 39.0 Å². The van der Waals surface area contributed by atoms with E-state index in [1.165, 1.54) is 91.6 Å². The first kappa shape index (κ1) is 75.9. The van der Waals surface area contributed by atoms with Gasteiger partial charge in [0.05, 0.1) is 86.5 Å². The Hall–Kier alpha value is -9.09. The average molecular weight is 1440 g/mol. The molecule has 10 N–H and O–H groups in total. The van der Waals surface area contributed by atoms with Crippen LogP contribution in [0, 0.1) is 23.3 Å². The summed E-state index contributed by atoms with van der Waals surface area (Å²) < 4.78 is 66.2. The second-order valence-electron chi connectivity index (χ2n) is 20.8. The topological polar surface area (TPSA) is 304 Å². The van der Waals surface area contributed by atoms with Crippen LogP contribution < -0.4 is 33.9 Å². The van der Waals surface area contributed by atoms with Gasteiger partial charge in [-0.1, -0.05) is 72.6 Å². The van der Waals surface area contributed by atoms with Crippen molar-refractivity contribution >= 4 is 141 Å². The van der Waals surface area contributed by atoms with Crippen molar-refractivity contribution in [2.45, 2.75) is 46.3 Å². The molecule has 0 aliphatic carbocycles. The fraction of sp³-hybridized carbons (Fsp3) is 0.108. The predicted molar refractivity (Wildman–Crippen MR) is 383 cm³/mol. The Kier molecular flexibility index (Phi) is 28.2. The number of anilines is 4. The van der Waals surface area contributed by atoms with Crippen LogP contribution in [0.15, 0.2) is 204 Å². The summed E-state index contributed by atoms with van der Waals surface area (Å²) in [5.74, 6) is 0.0576. The van der Waals surface area contributed by atoms with Crippen LogP contribution in [0.2, 0.25) is 15.2 Å². The Bertz CT molecular complexity index is 4510. The van der Waals surface area contributed by atoms with E-state index in [0.717, 1.165) is 49.5 Å². The summed E-state index contributed by atoms with van der Waals surface area (Å²) in [5.41, 5.74) is 29.6. The van der Waals surface area contributed by atoms with Crippen LogP contribution in [-0.4, -0.2) is 93.0 Å². The molecular formula is C65H59B3BrCl3F4N15O4S. The molecule has 1 aliphatic heterocycles. The number of nitrogen functional groups attached to an aromatic ring is 4. The van der Waals surface area contributed by atoms with Gasteiger partial charge in [-0.3, -0.25) is 24.9 Å². The molecule has 1 saturated heterocycles. The number of halogens is 8. The molecule has 1 radical (unpaired) electrons. The second-order valence-corrected chi connectivity index (χ2v) is 23.0. The third-order valence-corrected chi connectivity index (χ3v) is 14.8. The molecule has 0 unspecified atom stereocenters. The Morgan fingerprint density at radius 1 is 0.521 bits per heavy atom. The summed E-state index contributed by atoms with van der Waals surface area (Å²) in [6, 6.07) is 38.4. The van der Waals surface area contributed by atoms with Gasteiger partial charge in [-0.05, 0) is 170 Å². The molecule has 12 aromatic rings. The SMILES string of the molecule is C.CC1(C)OB(c2cc(Cl)c3ncccc3c2)OC1(C)C.Nc1cnc(-c2cc(Cl)c3ncccc3c2)c(-c2ccc(F)cc2)n1.Nc1cnc(Br)c(-c2ccc(F)cc2)n1.Nc1cncc(-c2ccc(F)cc2)n1.Nc1cncc(Cl)n1.OB(O)c1ccc(F)cc1.[B]=NS. The Morgan fingerprint density at radius 2 is 0.948 bits per heavy atom. The Morgan fingerprint density at radius 3 is 1.43 bits per heavy atom. The van der Waals surface area contributed by atoms with Crippen LogP contribution in [0.3, 0.4) is 0 Å². The number of benzene rings is 6. The quantitative estimate of drug-likeness (QED) is 0.0462. The van der Waals surface area contributed by atoms with E-state index in [2.05, 4.69) is 90.5 Å². The van der Waals surface area contributed by atoms with Crippen LogP contribution in [0.5, 0.6) is 0 Å². The second kappa shape index (κ2) is 35.6. The minimum absolute atomic E-state index is 0. The summed E-state index contributed by atoms with van der Waals surface area (Å²) in [6.45, 7) is 8.16. The average Bonchev–Trinajstić information content (AvgIpc) is 1.43. The fourth-order valence-electron chi connectivity index (χ4n) is 8.30. The number of hydrogen-bond donors (Lipinski definition) is 7.